The molecule has 0 fully saturated rings. The van der Waals surface area contributed by atoms with Gasteiger partial charge in [0, 0.05) is 12.0 Å². The van der Waals surface area contributed by atoms with Gasteiger partial charge in [-0.2, -0.15) is 0 Å². The summed E-state index contributed by atoms with van der Waals surface area (Å²) in [6.07, 6.45) is 1.13. The van der Waals surface area contributed by atoms with Crippen molar-refractivity contribution in [3.05, 3.63) is 84.2 Å². The average Bonchev–Trinajstić information content (AvgIpc) is 3.34. The molecule has 4 aromatic rings. The number of fused-ring (bicyclic) bond motifs is 1. The molecule has 0 spiro atoms. The van der Waals surface area contributed by atoms with Crippen molar-refractivity contribution in [1.29, 1.82) is 0 Å². The number of aromatic nitrogens is 3. The molecule has 0 saturated carbocycles. The summed E-state index contributed by atoms with van der Waals surface area (Å²) < 4.78 is 7.37. The van der Waals surface area contributed by atoms with Crippen LogP contribution in [0.1, 0.15) is 28.9 Å². The number of aliphatic carboxylic acids is 2. The fourth-order valence-electron chi connectivity index (χ4n) is 3.44. The second-order valence-electron chi connectivity index (χ2n) is 7.80. The van der Waals surface area contributed by atoms with E-state index in [4.69, 9.17) is 9.84 Å². The first-order valence-electron chi connectivity index (χ1n) is 10.8. The molecule has 0 unspecified atom stereocenters. The van der Waals surface area contributed by atoms with Crippen LogP contribution in [-0.4, -0.2) is 49.1 Å². The second-order valence-corrected chi connectivity index (χ2v) is 7.80. The highest BCUT2D eigenvalue weighted by molar-refractivity contribution is 5.96. The van der Waals surface area contributed by atoms with E-state index in [0.29, 0.717) is 11.4 Å². The normalized spacial score (nSPS) is 11.7. The van der Waals surface area contributed by atoms with E-state index in [1.165, 1.54) is 16.8 Å². The number of hydrogen-bond acceptors (Lipinski definition) is 6. The Bertz CT molecular complexity index is 1370. The molecule has 0 bridgehead atoms. The van der Waals surface area contributed by atoms with Crippen molar-refractivity contribution in [3.8, 4) is 11.4 Å². The number of nitrogens with one attached hydrogen (secondary N) is 1. The van der Waals surface area contributed by atoms with Gasteiger partial charge in [0.05, 0.1) is 11.9 Å². The van der Waals surface area contributed by atoms with Crippen LogP contribution in [0.15, 0.2) is 72.9 Å². The van der Waals surface area contributed by atoms with Gasteiger partial charge in [0.15, 0.2) is 0 Å². The average molecular weight is 474 g/mol. The van der Waals surface area contributed by atoms with Crippen molar-refractivity contribution in [1.82, 2.24) is 20.3 Å². The molecule has 0 saturated heterocycles. The highest BCUT2D eigenvalue weighted by atomic mass is 16.5. The number of carbonyl (C=O) groups excluding carboxylic acids is 1. The van der Waals surface area contributed by atoms with Gasteiger partial charge in [0.2, 0.25) is 0 Å². The van der Waals surface area contributed by atoms with Crippen LogP contribution in [0.2, 0.25) is 0 Å². The van der Waals surface area contributed by atoms with Crippen LogP contribution >= 0.6 is 0 Å². The number of benzene rings is 3. The number of hydrogen-bond donors (Lipinski definition) is 3. The van der Waals surface area contributed by atoms with Crippen molar-refractivity contribution < 1.29 is 29.3 Å². The lowest BCUT2D eigenvalue weighted by Crippen LogP contribution is -2.41. The molecule has 178 valence electrons. The molecule has 1 heterocycles. The van der Waals surface area contributed by atoms with Crippen molar-refractivity contribution in [3.63, 3.8) is 0 Å². The molecular formula is C25H22N4O6. The molecular weight excluding hydrogens is 452 g/mol. The summed E-state index contributed by atoms with van der Waals surface area (Å²) in [5.74, 6) is -2.32. The molecule has 1 aromatic heterocycles. The van der Waals surface area contributed by atoms with E-state index in [0.717, 1.165) is 16.5 Å². The molecule has 35 heavy (non-hydrogen) atoms. The van der Waals surface area contributed by atoms with Crippen LogP contribution in [0.3, 0.4) is 0 Å². The lowest BCUT2D eigenvalue weighted by atomic mass is 10.1. The van der Waals surface area contributed by atoms with Gasteiger partial charge >= 0.3 is 11.9 Å². The topological polar surface area (TPSA) is 144 Å². The van der Waals surface area contributed by atoms with Gasteiger partial charge in [0.1, 0.15) is 24.1 Å². The first kappa shape index (κ1) is 23.4. The molecule has 4 rings (SSSR count). The van der Waals surface area contributed by atoms with Crippen molar-refractivity contribution in [2.75, 3.05) is 0 Å². The Morgan fingerprint density at radius 1 is 0.971 bits per heavy atom. The summed E-state index contributed by atoms with van der Waals surface area (Å²) in [6.45, 7) is 0.228. The van der Waals surface area contributed by atoms with Gasteiger partial charge in [-0.05, 0) is 53.6 Å². The summed E-state index contributed by atoms with van der Waals surface area (Å²) in [7, 11) is 0. The maximum absolute atomic E-state index is 12.4. The Labute approximate surface area is 199 Å². The van der Waals surface area contributed by atoms with Gasteiger partial charge in [-0.3, -0.25) is 9.59 Å². The highest BCUT2D eigenvalue weighted by Crippen LogP contribution is 2.21. The van der Waals surface area contributed by atoms with Gasteiger partial charge in [0.25, 0.3) is 5.91 Å². The zero-order valence-electron chi connectivity index (χ0n) is 18.5. The van der Waals surface area contributed by atoms with E-state index < -0.39 is 23.9 Å². The lowest BCUT2D eigenvalue weighted by molar-refractivity contribution is -0.140. The SMILES string of the molecule is O=C(O)CC[C@H](NC(=O)c1ccc(-n2cc(COc3ccc4ccccc4c3)nn2)cc1)C(=O)O. The molecule has 3 N–H and O–H groups in total. The number of carbonyl (C=O) groups is 3. The molecule has 3 aromatic carbocycles. The number of carboxylic acid groups (broad SMARTS) is 2. The quantitative estimate of drug-likeness (QED) is 0.318. The highest BCUT2D eigenvalue weighted by Gasteiger charge is 2.21. The number of carboxylic acids is 2. The first-order valence-corrected chi connectivity index (χ1v) is 10.8. The van der Waals surface area contributed by atoms with Crippen LogP contribution in [0.25, 0.3) is 16.5 Å². The maximum Gasteiger partial charge on any atom is 0.326 e. The molecule has 0 radical (unpaired) electrons. The first-order chi connectivity index (χ1) is 16.9. The van der Waals surface area contributed by atoms with E-state index in [9.17, 15) is 19.5 Å². The zero-order valence-corrected chi connectivity index (χ0v) is 18.5. The van der Waals surface area contributed by atoms with Gasteiger partial charge in [-0.25, -0.2) is 9.48 Å². The Kier molecular flexibility index (Phi) is 7.01. The molecule has 0 aliphatic heterocycles. The summed E-state index contributed by atoms with van der Waals surface area (Å²) in [5.41, 5.74) is 1.49. The van der Waals surface area contributed by atoms with Crippen LogP contribution in [0.4, 0.5) is 0 Å². The third-order valence-corrected chi connectivity index (χ3v) is 5.29. The van der Waals surface area contributed by atoms with Crippen LogP contribution < -0.4 is 10.1 Å². The standard InChI is InChI=1S/C25H22N4O6/c30-23(31)12-11-22(25(33)34)26-24(32)17-5-8-20(9-6-17)29-14-19(27-28-29)15-35-21-10-7-16-3-1-2-4-18(16)13-21/h1-10,13-14,22H,11-12,15H2,(H,26,32)(H,30,31)(H,33,34)/t22-/m0/s1. The van der Waals surface area contributed by atoms with E-state index in [2.05, 4.69) is 15.6 Å². The van der Waals surface area contributed by atoms with Crippen LogP contribution in [-0.2, 0) is 16.2 Å². The van der Waals surface area contributed by atoms with E-state index >= 15 is 0 Å². The predicted molar refractivity (Wildman–Crippen MR) is 125 cm³/mol. The molecule has 0 aliphatic carbocycles. The van der Waals surface area contributed by atoms with Crippen molar-refractivity contribution in [2.45, 2.75) is 25.5 Å². The van der Waals surface area contributed by atoms with Crippen molar-refractivity contribution in [2.24, 2.45) is 0 Å². The van der Waals surface area contributed by atoms with Crippen molar-refractivity contribution >= 4 is 28.6 Å². The lowest BCUT2D eigenvalue weighted by Gasteiger charge is -2.13. The summed E-state index contributed by atoms with van der Waals surface area (Å²) >= 11 is 0. The molecule has 10 nitrogen and oxygen atoms in total. The monoisotopic (exact) mass is 474 g/mol. The molecule has 10 heteroatoms. The minimum atomic E-state index is -1.29. The molecule has 0 aliphatic rings. The second kappa shape index (κ2) is 10.5. The Balaban J connectivity index is 1.36. The van der Waals surface area contributed by atoms with Crippen LogP contribution in [0.5, 0.6) is 5.75 Å². The minimum Gasteiger partial charge on any atom is -0.487 e. The van der Waals surface area contributed by atoms with Crippen LogP contribution in [0, 0.1) is 0 Å². The predicted octanol–water partition coefficient (Wildman–Crippen LogP) is 3.05. The van der Waals surface area contributed by atoms with E-state index in [-0.39, 0.29) is 25.0 Å². The zero-order chi connectivity index (χ0) is 24.8. The van der Waals surface area contributed by atoms with E-state index in [1.807, 2.05) is 42.5 Å². The largest absolute Gasteiger partial charge is 0.487 e. The maximum atomic E-state index is 12.4. The number of ether oxygens (including phenoxy) is 1. The number of nitrogens with zero attached hydrogens (tertiary/aromatic N) is 3. The Hall–Kier alpha value is -4.73. The summed E-state index contributed by atoms with van der Waals surface area (Å²) in [6, 6.07) is 18.9. The molecule has 1 amide bonds. The smallest absolute Gasteiger partial charge is 0.326 e. The number of rotatable bonds is 10. The third-order valence-electron chi connectivity index (χ3n) is 5.29. The minimum absolute atomic E-state index is 0.211. The third kappa shape index (κ3) is 5.99. The Morgan fingerprint density at radius 2 is 1.71 bits per heavy atom. The summed E-state index contributed by atoms with van der Waals surface area (Å²) in [5, 5.41) is 30.7. The Morgan fingerprint density at radius 3 is 2.43 bits per heavy atom. The fourth-order valence-corrected chi connectivity index (χ4v) is 3.44. The summed E-state index contributed by atoms with van der Waals surface area (Å²) in [4.78, 5) is 34.4. The van der Waals surface area contributed by atoms with Gasteiger partial charge < -0.3 is 20.3 Å². The fraction of sp³-hybridized carbons (Fsp3) is 0.160. The molecule has 1 atom stereocenters. The van der Waals surface area contributed by atoms with Gasteiger partial charge in [-0.1, -0.05) is 35.5 Å². The van der Waals surface area contributed by atoms with E-state index in [1.54, 1.807) is 18.3 Å². The number of amides is 1. The van der Waals surface area contributed by atoms with Gasteiger partial charge in [-0.15, -0.1) is 5.10 Å².